The van der Waals surface area contributed by atoms with E-state index in [1.54, 1.807) is 12.6 Å². The predicted molar refractivity (Wildman–Crippen MR) is 84.9 cm³/mol. The van der Waals surface area contributed by atoms with Gasteiger partial charge in [-0.2, -0.15) is 0 Å². The van der Waals surface area contributed by atoms with E-state index < -0.39 is 0 Å². The van der Waals surface area contributed by atoms with Crippen molar-refractivity contribution >= 4 is 18.4 Å². The van der Waals surface area contributed by atoms with Crippen LogP contribution in [0.2, 0.25) is 0 Å². The van der Waals surface area contributed by atoms with Crippen LogP contribution in [0.3, 0.4) is 0 Å². The average molecular weight is 282 g/mol. The summed E-state index contributed by atoms with van der Waals surface area (Å²) in [6.07, 6.45) is 3.38. The summed E-state index contributed by atoms with van der Waals surface area (Å²) >= 11 is 0. The van der Waals surface area contributed by atoms with E-state index in [4.69, 9.17) is 4.84 Å². The molecular formula is C16H18N4O. The second-order valence-corrected chi connectivity index (χ2v) is 4.61. The van der Waals surface area contributed by atoms with Gasteiger partial charge in [-0.25, -0.2) is 9.98 Å². The maximum atomic E-state index is 5.25. The highest BCUT2D eigenvalue weighted by Gasteiger charge is 1.96. The largest absolute Gasteiger partial charge is 0.389 e. The molecule has 0 bridgehead atoms. The van der Waals surface area contributed by atoms with Crippen LogP contribution in [0.25, 0.3) is 0 Å². The first-order valence-corrected chi connectivity index (χ1v) is 6.61. The molecule has 2 aromatic rings. The van der Waals surface area contributed by atoms with Gasteiger partial charge in [-0.15, -0.1) is 0 Å². The van der Waals surface area contributed by atoms with Crippen molar-refractivity contribution < 1.29 is 4.84 Å². The first-order valence-electron chi connectivity index (χ1n) is 6.61. The molecule has 0 radical (unpaired) electrons. The van der Waals surface area contributed by atoms with Crippen LogP contribution in [0.15, 0.2) is 58.7 Å². The summed E-state index contributed by atoms with van der Waals surface area (Å²) in [7, 11) is 3.82. The fourth-order valence-corrected chi connectivity index (χ4v) is 1.53. The number of benzene rings is 1. The molecule has 0 aliphatic heterocycles. The highest BCUT2D eigenvalue weighted by Crippen LogP contribution is 2.09. The van der Waals surface area contributed by atoms with Crippen LogP contribution in [0.1, 0.15) is 11.3 Å². The second-order valence-electron chi connectivity index (χ2n) is 4.61. The molecule has 0 fully saturated rings. The molecule has 1 heterocycles. The Morgan fingerprint density at radius 3 is 2.67 bits per heavy atom. The molecule has 0 N–H and O–H groups in total. The van der Waals surface area contributed by atoms with Gasteiger partial charge in [-0.1, -0.05) is 41.6 Å². The van der Waals surface area contributed by atoms with Crippen molar-refractivity contribution in [2.24, 2.45) is 10.1 Å². The zero-order chi connectivity index (χ0) is 14.9. The third kappa shape index (κ3) is 5.44. The van der Waals surface area contributed by atoms with Crippen LogP contribution >= 0.6 is 0 Å². The van der Waals surface area contributed by atoms with Gasteiger partial charge in [0.15, 0.2) is 12.4 Å². The minimum absolute atomic E-state index is 0.314. The quantitative estimate of drug-likeness (QED) is 0.465. The van der Waals surface area contributed by atoms with Crippen molar-refractivity contribution in [3.63, 3.8) is 0 Å². The third-order valence-electron chi connectivity index (χ3n) is 2.50. The Kier molecular flexibility index (Phi) is 5.46. The van der Waals surface area contributed by atoms with E-state index in [-0.39, 0.29) is 0 Å². The van der Waals surface area contributed by atoms with Crippen LogP contribution in [0.5, 0.6) is 0 Å². The van der Waals surface area contributed by atoms with Crippen LogP contribution in [-0.4, -0.2) is 36.5 Å². The average Bonchev–Trinajstić information content (AvgIpc) is 2.51. The van der Waals surface area contributed by atoms with Crippen molar-refractivity contribution in [1.29, 1.82) is 0 Å². The molecule has 21 heavy (non-hydrogen) atoms. The van der Waals surface area contributed by atoms with Crippen LogP contribution in [0.4, 0.5) is 5.82 Å². The summed E-state index contributed by atoms with van der Waals surface area (Å²) in [6, 6.07) is 15.4. The van der Waals surface area contributed by atoms with Crippen molar-refractivity contribution in [3.8, 4) is 0 Å². The predicted octanol–water partition coefficient (Wildman–Crippen LogP) is 2.85. The van der Waals surface area contributed by atoms with Gasteiger partial charge >= 0.3 is 0 Å². The lowest BCUT2D eigenvalue weighted by Gasteiger charge is -2.03. The molecule has 108 valence electrons. The second kappa shape index (κ2) is 7.79. The van der Waals surface area contributed by atoms with Crippen molar-refractivity contribution in [2.45, 2.75) is 6.61 Å². The molecule has 2 rings (SSSR count). The molecule has 0 saturated heterocycles. The Morgan fingerprint density at radius 2 is 1.90 bits per heavy atom. The fraction of sp³-hybridized carbons (Fsp3) is 0.188. The number of oxime groups is 1. The first-order chi connectivity index (χ1) is 10.2. The number of aliphatic imine (C=N–C) groups is 1. The number of hydrogen-bond acceptors (Lipinski definition) is 4. The summed E-state index contributed by atoms with van der Waals surface area (Å²) < 4.78 is 0. The molecule has 0 atom stereocenters. The van der Waals surface area contributed by atoms with E-state index in [0.717, 1.165) is 11.3 Å². The number of rotatable bonds is 6. The molecule has 0 spiro atoms. The molecular weight excluding hydrogens is 264 g/mol. The van der Waals surface area contributed by atoms with Crippen molar-refractivity contribution in [2.75, 3.05) is 14.1 Å². The van der Waals surface area contributed by atoms with Gasteiger partial charge in [0.1, 0.15) is 0 Å². The van der Waals surface area contributed by atoms with Gasteiger partial charge in [0.25, 0.3) is 0 Å². The molecule has 0 amide bonds. The van der Waals surface area contributed by atoms with Gasteiger partial charge < -0.3 is 9.74 Å². The number of pyridine rings is 1. The molecule has 0 aliphatic carbocycles. The van der Waals surface area contributed by atoms with E-state index in [2.05, 4.69) is 15.1 Å². The summed E-state index contributed by atoms with van der Waals surface area (Å²) in [5, 5.41) is 3.93. The Morgan fingerprint density at radius 1 is 1.10 bits per heavy atom. The highest BCUT2D eigenvalue weighted by molar-refractivity contribution is 5.78. The Hall–Kier alpha value is -2.69. The lowest BCUT2D eigenvalue weighted by atomic mass is 10.2. The maximum absolute atomic E-state index is 5.25. The van der Waals surface area contributed by atoms with Gasteiger partial charge in [-0.3, -0.25) is 0 Å². The van der Waals surface area contributed by atoms with Crippen molar-refractivity contribution in [3.05, 3.63) is 59.8 Å². The molecule has 5 nitrogen and oxygen atoms in total. The van der Waals surface area contributed by atoms with Crippen LogP contribution < -0.4 is 0 Å². The molecule has 1 aromatic heterocycles. The molecule has 0 saturated carbocycles. The Labute approximate surface area is 124 Å². The minimum atomic E-state index is 0.314. The van der Waals surface area contributed by atoms with E-state index in [9.17, 15) is 0 Å². The van der Waals surface area contributed by atoms with Crippen molar-refractivity contribution in [1.82, 2.24) is 9.88 Å². The fourth-order valence-electron chi connectivity index (χ4n) is 1.53. The monoisotopic (exact) mass is 282 g/mol. The van der Waals surface area contributed by atoms with Gasteiger partial charge in [0, 0.05) is 14.1 Å². The number of hydrogen-bond donors (Lipinski definition) is 0. The SMILES string of the molecule is CN(C)C=Nc1cccc(CON=Cc2ccccc2)n1. The Balaban J connectivity index is 1.89. The van der Waals surface area contributed by atoms with Gasteiger partial charge in [-0.05, 0) is 17.7 Å². The summed E-state index contributed by atoms with van der Waals surface area (Å²) in [5.41, 5.74) is 1.78. The lowest BCUT2D eigenvalue weighted by Crippen LogP contribution is -2.07. The lowest BCUT2D eigenvalue weighted by molar-refractivity contribution is 0.129. The summed E-state index contributed by atoms with van der Waals surface area (Å²) in [6.45, 7) is 0.314. The van der Waals surface area contributed by atoms with E-state index in [1.807, 2.05) is 67.5 Å². The maximum Gasteiger partial charge on any atom is 0.159 e. The first kappa shape index (κ1) is 14.7. The van der Waals surface area contributed by atoms with E-state index >= 15 is 0 Å². The smallest absolute Gasteiger partial charge is 0.159 e. The zero-order valence-corrected chi connectivity index (χ0v) is 12.2. The standard InChI is InChI=1S/C16H18N4O/c1-20(2)13-17-16-10-6-9-15(19-16)12-21-18-11-14-7-4-3-5-8-14/h3-11,13H,12H2,1-2H3. The molecule has 1 aromatic carbocycles. The summed E-state index contributed by atoms with van der Waals surface area (Å²) in [4.78, 5) is 15.7. The van der Waals surface area contributed by atoms with Gasteiger partial charge in [0.2, 0.25) is 0 Å². The molecule has 0 unspecified atom stereocenters. The minimum Gasteiger partial charge on any atom is -0.389 e. The van der Waals surface area contributed by atoms with E-state index in [1.165, 1.54) is 0 Å². The molecule has 5 heteroatoms. The molecule has 0 aliphatic rings. The zero-order valence-electron chi connectivity index (χ0n) is 12.2. The van der Waals surface area contributed by atoms with Crippen LogP contribution in [-0.2, 0) is 11.4 Å². The topological polar surface area (TPSA) is 50.1 Å². The summed E-state index contributed by atoms with van der Waals surface area (Å²) in [5.74, 6) is 0.650. The normalized spacial score (nSPS) is 11.1. The highest BCUT2D eigenvalue weighted by atomic mass is 16.6. The van der Waals surface area contributed by atoms with E-state index in [0.29, 0.717) is 12.4 Å². The van der Waals surface area contributed by atoms with Crippen LogP contribution in [0, 0.1) is 0 Å². The number of nitrogens with zero attached hydrogens (tertiary/aromatic N) is 4. The third-order valence-corrected chi connectivity index (χ3v) is 2.50. The Bertz CT molecular complexity index is 609. The van der Waals surface area contributed by atoms with Gasteiger partial charge in [0.05, 0.1) is 18.2 Å². The number of aromatic nitrogens is 1.